The third-order valence-corrected chi connectivity index (χ3v) is 10.1. The summed E-state index contributed by atoms with van der Waals surface area (Å²) in [6.45, 7) is -0.350. The first kappa shape index (κ1) is 33.8. The van der Waals surface area contributed by atoms with Crippen LogP contribution in [0.25, 0.3) is 11.1 Å². The van der Waals surface area contributed by atoms with Gasteiger partial charge in [-0.2, -0.15) is 13.2 Å². The average Bonchev–Trinajstić information content (AvgIpc) is 3.05. The Labute approximate surface area is 276 Å². The van der Waals surface area contributed by atoms with E-state index in [-0.39, 0.29) is 38.7 Å². The third kappa shape index (κ3) is 7.37. The van der Waals surface area contributed by atoms with Crippen molar-refractivity contribution in [3.05, 3.63) is 107 Å². The van der Waals surface area contributed by atoms with Crippen molar-refractivity contribution in [2.24, 2.45) is 0 Å². The van der Waals surface area contributed by atoms with Gasteiger partial charge in [0.2, 0.25) is 5.95 Å². The molecule has 5 aromatic rings. The highest BCUT2D eigenvalue weighted by Gasteiger charge is 2.33. The number of hydrogen-bond donors (Lipinski definition) is 1. The lowest BCUT2D eigenvalue weighted by molar-refractivity contribution is -0.137. The monoisotopic (exact) mass is 705 g/mol. The summed E-state index contributed by atoms with van der Waals surface area (Å²) >= 11 is 7.38. The summed E-state index contributed by atoms with van der Waals surface area (Å²) in [5.74, 6) is -0.570. The van der Waals surface area contributed by atoms with E-state index in [0.29, 0.717) is 22.6 Å². The minimum Gasteiger partial charge on any atom is -0.497 e. The fourth-order valence-electron chi connectivity index (χ4n) is 4.48. The van der Waals surface area contributed by atoms with Crippen molar-refractivity contribution in [2.45, 2.75) is 27.4 Å². The van der Waals surface area contributed by atoms with Crippen LogP contribution in [0.1, 0.15) is 11.1 Å². The van der Waals surface area contributed by atoms with Crippen LogP contribution < -0.4 is 19.5 Å². The van der Waals surface area contributed by atoms with E-state index in [1.165, 1.54) is 57.1 Å². The van der Waals surface area contributed by atoms with Crippen LogP contribution in [0.3, 0.4) is 0 Å². The zero-order chi connectivity index (χ0) is 33.9. The number of methoxy groups -OCH3 is 2. The second kappa shape index (κ2) is 13.6. The predicted molar refractivity (Wildman–Crippen MR) is 170 cm³/mol. The van der Waals surface area contributed by atoms with E-state index >= 15 is 4.39 Å². The number of nitrogens with zero attached hydrogens (tertiary/aromatic N) is 4. The summed E-state index contributed by atoms with van der Waals surface area (Å²) in [6, 6.07) is 14.0. The van der Waals surface area contributed by atoms with Crippen LogP contribution in [-0.4, -0.2) is 37.6 Å². The maximum atomic E-state index is 15.9. The number of nitrogens with two attached hydrogens (primary N) is 1. The number of aromatic nitrogens is 3. The van der Waals surface area contributed by atoms with Crippen molar-refractivity contribution in [1.29, 1.82) is 0 Å². The van der Waals surface area contributed by atoms with E-state index < -0.39 is 32.5 Å². The highest BCUT2D eigenvalue weighted by molar-refractivity contribution is 7.99. The second-order valence-electron chi connectivity index (χ2n) is 9.73. The number of benzene rings is 3. The highest BCUT2D eigenvalue weighted by atomic mass is 35.5. The Morgan fingerprint density at radius 1 is 0.915 bits per heavy atom. The van der Waals surface area contributed by atoms with Crippen LogP contribution in [0, 0.1) is 5.82 Å². The molecule has 0 bridgehead atoms. The molecule has 2 aromatic heterocycles. The molecule has 0 aliphatic heterocycles. The summed E-state index contributed by atoms with van der Waals surface area (Å²) in [7, 11) is -1.84. The summed E-state index contributed by atoms with van der Waals surface area (Å²) in [5.41, 5.74) is 5.72. The molecule has 3 aromatic carbocycles. The lowest BCUT2D eigenvalue weighted by Gasteiger charge is -2.24. The van der Waals surface area contributed by atoms with Crippen LogP contribution in [0.5, 0.6) is 11.5 Å². The van der Waals surface area contributed by atoms with Crippen LogP contribution >= 0.6 is 23.4 Å². The molecule has 244 valence electrons. The van der Waals surface area contributed by atoms with Crippen molar-refractivity contribution >= 4 is 45.2 Å². The van der Waals surface area contributed by atoms with Gasteiger partial charge in [-0.05, 0) is 71.8 Å². The zero-order valence-electron chi connectivity index (χ0n) is 24.5. The lowest BCUT2D eigenvalue weighted by atomic mass is 10.0. The van der Waals surface area contributed by atoms with Gasteiger partial charge in [-0.3, -0.25) is 0 Å². The van der Waals surface area contributed by atoms with E-state index in [0.717, 1.165) is 40.3 Å². The maximum absolute atomic E-state index is 15.9. The van der Waals surface area contributed by atoms with Crippen LogP contribution in [0.4, 0.5) is 29.3 Å². The molecule has 0 saturated heterocycles. The first-order valence-corrected chi connectivity index (χ1v) is 16.1. The molecule has 0 saturated carbocycles. The summed E-state index contributed by atoms with van der Waals surface area (Å²) < 4.78 is 96.2. The van der Waals surface area contributed by atoms with Crippen molar-refractivity contribution in [1.82, 2.24) is 15.0 Å². The fourth-order valence-corrected chi connectivity index (χ4v) is 7.23. The molecule has 0 spiro atoms. The van der Waals surface area contributed by atoms with Crippen LogP contribution in [0.2, 0.25) is 5.02 Å². The molecule has 9 nitrogen and oxygen atoms in total. The quantitative estimate of drug-likeness (QED) is 0.147. The number of alkyl halides is 3. The molecule has 0 radical (unpaired) electrons. The average molecular weight is 706 g/mol. The van der Waals surface area contributed by atoms with Gasteiger partial charge in [0, 0.05) is 40.0 Å². The molecule has 0 aliphatic rings. The minimum absolute atomic E-state index is 0.0467. The number of pyridine rings is 1. The molecule has 47 heavy (non-hydrogen) atoms. The van der Waals surface area contributed by atoms with Gasteiger partial charge in [-0.1, -0.05) is 23.4 Å². The molecule has 0 fully saturated rings. The lowest BCUT2D eigenvalue weighted by Crippen LogP contribution is -2.33. The molecular formula is C31H24ClF4N5O4S2. The SMILES string of the molecule is COc1ccc(CN(c2ncccn2)S(=O)(=O)c2cc(Cl)c(Sc3ccc(C(F)(F)F)cc3-c3ccnc(N)c3)cc2F)c(OC)c1. The van der Waals surface area contributed by atoms with Crippen LogP contribution in [-0.2, 0) is 22.7 Å². The second-order valence-corrected chi connectivity index (χ2v) is 13.1. The van der Waals surface area contributed by atoms with Gasteiger partial charge in [0.1, 0.15) is 28.0 Å². The number of sulfonamides is 1. The molecule has 5 rings (SSSR count). The summed E-state index contributed by atoms with van der Waals surface area (Å²) in [6.07, 6.45) is -0.635. The number of ether oxygens (including phenoxy) is 2. The highest BCUT2D eigenvalue weighted by Crippen LogP contribution is 2.43. The molecule has 2 N–H and O–H groups in total. The fraction of sp³-hybridized carbons (Fsp3) is 0.129. The Hall–Kier alpha value is -4.60. The first-order chi connectivity index (χ1) is 22.3. The molecule has 0 amide bonds. The standard InChI is InChI=1S/C31H24ClF4N5O4S2/c1-44-21-6-4-19(25(14-21)45-2)17-41(30-39-9-3-10-40-30)47(42,43)28-15-23(32)27(16-24(28)33)46-26-7-5-20(31(34,35)36)13-22(26)18-8-11-38-29(37)12-18/h3-16H,17H2,1-2H3,(H2,37,38). The van der Waals surface area contributed by atoms with Crippen LogP contribution in [0.15, 0.2) is 100 Å². The topological polar surface area (TPSA) is 121 Å². The van der Waals surface area contributed by atoms with Gasteiger partial charge in [-0.15, -0.1) is 0 Å². The normalized spacial score (nSPS) is 11.7. The Morgan fingerprint density at radius 3 is 2.32 bits per heavy atom. The molecule has 2 heterocycles. The summed E-state index contributed by atoms with van der Waals surface area (Å²) in [5, 5.41) is -0.175. The van der Waals surface area contributed by atoms with Gasteiger partial charge in [0.15, 0.2) is 0 Å². The predicted octanol–water partition coefficient (Wildman–Crippen LogP) is 7.50. The Kier molecular flexibility index (Phi) is 9.79. The first-order valence-electron chi connectivity index (χ1n) is 13.4. The maximum Gasteiger partial charge on any atom is 0.416 e. The van der Waals surface area contributed by atoms with Crippen molar-refractivity contribution in [2.75, 3.05) is 24.3 Å². The van der Waals surface area contributed by atoms with Crippen molar-refractivity contribution < 1.29 is 35.5 Å². The van der Waals surface area contributed by atoms with E-state index in [9.17, 15) is 21.6 Å². The number of anilines is 2. The Balaban J connectivity index is 1.56. The van der Waals surface area contributed by atoms with Crippen molar-refractivity contribution in [3.63, 3.8) is 0 Å². The number of hydrogen-bond acceptors (Lipinski definition) is 9. The molecule has 0 aliphatic carbocycles. The molecule has 16 heteroatoms. The zero-order valence-corrected chi connectivity index (χ0v) is 26.9. The van der Waals surface area contributed by atoms with Gasteiger partial charge in [-0.25, -0.2) is 32.1 Å². The number of nitrogen functional groups attached to an aromatic ring is 1. The Bertz CT molecular complexity index is 2040. The molecule has 0 atom stereocenters. The third-order valence-electron chi connectivity index (χ3n) is 6.76. The van der Waals surface area contributed by atoms with Crippen molar-refractivity contribution in [3.8, 4) is 22.6 Å². The largest absolute Gasteiger partial charge is 0.497 e. The van der Waals surface area contributed by atoms with Gasteiger partial charge >= 0.3 is 6.18 Å². The van der Waals surface area contributed by atoms with E-state index in [1.807, 2.05) is 0 Å². The smallest absolute Gasteiger partial charge is 0.416 e. The minimum atomic E-state index is -4.71. The van der Waals surface area contributed by atoms with E-state index in [4.69, 9.17) is 26.8 Å². The van der Waals surface area contributed by atoms with E-state index in [1.54, 1.807) is 18.2 Å². The van der Waals surface area contributed by atoms with Gasteiger partial charge in [0.05, 0.1) is 31.4 Å². The molecular weight excluding hydrogens is 682 g/mol. The van der Waals surface area contributed by atoms with E-state index in [2.05, 4.69) is 15.0 Å². The van der Waals surface area contributed by atoms with Gasteiger partial charge < -0.3 is 15.2 Å². The Morgan fingerprint density at radius 2 is 1.66 bits per heavy atom. The van der Waals surface area contributed by atoms with Gasteiger partial charge in [0.25, 0.3) is 10.0 Å². The number of rotatable bonds is 10. The number of halogens is 5. The molecule has 0 unspecified atom stereocenters. The summed E-state index contributed by atoms with van der Waals surface area (Å²) in [4.78, 5) is 11.6.